The van der Waals surface area contributed by atoms with Gasteiger partial charge in [-0.2, -0.15) is 0 Å². The Balaban J connectivity index is 0.000000477. The number of rotatable bonds is 5. The second kappa shape index (κ2) is 14.3. The Morgan fingerprint density at radius 2 is 0.900 bits per heavy atom. The van der Waals surface area contributed by atoms with E-state index in [1.54, 1.807) is 24.3 Å². The molecule has 0 heterocycles. The van der Waals surface area contributed by atoms with Gasteiger partial charge < -0.3 is 29.9 Å². The number of hydrogen-bond donors (Lipinski definition) is 4. The van der Waals surface area contributed by atoms with Crippen LogP contribution >= 0.6 is 0 Å². The number of hydrogen-bond acceptors (Lipinski definition) is 8. The maximum Gasteiger partial charge on any atom is 0.338 e. The number of aliphatic hydroxyl groups is 2. The SMILES string of the molecule is COC(=O)c1ccccc1C(=O)O.COC(=O)c1ccccc1C(=O)O.OCCO. The van der Waals surface area contributed by atoms with E-state index in [4.69, 9.17) is 20.4 Å². The molecule has 0 amide bonds. The van der Waals surface area contributed by atoms with Crippen molar-refractivity contribution in [3.05, 3.63) is 70.8 Å². The summed E-state index contributed by atoms with van der Waals surface area (Å²) in [5, 5.41) is 32.7. The lowest BCUT2D eigenvalue weighted by Crippen LogP contribution is -2.09. The third-order valence-electron chi connectivity index (χ3n) is 3.23. The van der Waals surface area contributed by atoms with Crippen molar-refractivity contribution in [2.75, 3.05) is 27.4 Å². The monoisotopic (exact) mass is 422 g/mol. The van der Waals surface area contributed by atoms with Gasteiger partial charge in [0.15, 0.2) is 0 Å². The minimum absolute atomic E-state index is 0.0469. The summed E-state index contributed by atoms with van der Waals surface area (Å²) in [6.45, 7) is -0.250. The molecule has 0 unspecified atom stereocenters. The van der Waals surface area contributed by atoms with E-state index in [0.29, 0.717) is 0 Å². The fraction of sp³-hybridized carbons (Fsp3) is 0.200. The van der Waals surface area contributed by atoms with Gasteiger partial charge in [0, 0.05) is 0 Å². The lowest BCUT2D eigenvalue weighted by atomic mass is 10.1. The Morgan fingerprint density at radius 3 is 1.10 bits per heavy atom. The first-order valence-electron chi connectivity index (χ1n) is 8.28. The van der Waals surface area contributed by atoms with Crippen molar-refractivity contribution in [1.82, 2.24) is 0 Å². The molecule has 0 aliphatic heterocycles. The Hall–Kier alpha value is -3.76. The minimum Gasteiger partial charge on any atom is -0.478 e. The molecule has 0 fully saturated rings. The molecule has 2 aromatic rings. The Bertz CT molecular complexity index is 789. The molecule has 0 spiro atoms. The second-order valence-corrected chi connectivity index (χ2v) is 5.13. The average Bonchev–Trinajstić information content (AvgIpc) is 2.78. The number of methoxy groups -OCH3 is 2. The largest absolute Gasteiger partial charge is 0.478 e. The molecule has 4 N–H and O–H groups in total. The van der Waals surface area contributed by atoms with Gasteiger partial charge in [0.1, 0.15) is 0 Å². The van der Waals surface area contributed by atoms with Gasteiger partial charge in [-0.1, -0.05) is 24.3 Å². The lowest BCUT2D eigenvalue weighted by Gasteiger charge is -2.02. The number of benzene rings is 2. The number of aromatic carboxylic acids is 2. The maximum absolute atomic E-state index is 11.1. The number of carboxylic acid groups (broad SMARTS) is 2. The van der Waals surface area contributed by atoms with Gasteiger partial charge in [-0.25, -0.2) is 19.2 Å². The zero-order valence-corrected chi connectivity index (χ0v) is 16.3. The van der Waals surface area contributed by atoms with Crippen LogP contribution in [0.1, 0.15) is 41.4 Å². The molecule has 0 saturated heterocycles. The van der Waals surface area contributed by atoms with Crippen LogP contribution < -0.4 is 0 Å². The summed E-state index contributed by atoms with van der Waals surface area (Å²) in [6, 6.07) is 11.8. The highest BCUT2D eigenvalue weighted by Crippen LogP contribution is 2.10. The van der Waals surface area contributed by atoms with Crippen LogP contribution in [-0.2, 0) is 9.47 Å². The predicted octanol–water partition coefficient (Wildman–Crippen LogP) is 1.31. The van der Waals surface area contributed by atoms with Crippen molar-refractivity contribution < 1.29 is 49.1 Å². The van der Waals surface area contributed by atoms with Gasteiger partial charge in [-0.3, -0.25) is 0 Å². The molecule has 0 aliphatic rings. The van der Waals surface area contributed by atoms with Crippen LogP contribution in [0.3, 0.4) is 0 Å². The van der Waals surface area contributed by atoms with Crippen LogP contribution in [0, 0.1) is 0 Å². The highest BCUT2D eigenvalue weighted by Gasteiger charge is 2.16. The molecule has 162 valence electrons. The number of carboxylic acids is 2. The third kappa shape index (κ3) is 8.50. The van der Waals surface area contributed by atoms with E-state index >= 15 is 0 Å². The molecule has 10 nitrogen and oxygen atoms in total. The molecule has 30 heavy (non-hydrogen) atoms. The van der Waals surface area contributed by atoms with Gasteiger partial charge in [0.05, 0.1) is 49.7 Å². The molecule has 0 saturated carbocycles. The minimum atomic E-state index is -1.14. The number of esters is 2. The Morgan fingerprint density at radius 1 is 0.633 bits per heavy atom. The standard InChI is InChI=1S/2C9H8O4.C2H6O2/c2*1-13-9(12)7-5-3-2-4-6(7)8(10)11;3-1-2-4/h2*2-5H,1H3,(H,10,11);3-4H,1-2H2. The highest BCUT2D eigenvalue weighted by molar-refractivity contribution is 6.03. The fourth-order valence-electron chi connectivity index (χ4n) is 1.92. The quantitative estimate of drug-likeness (QED) is 0.516. The first-order chi connectivity index (χ1) is 14.2. The fourth-order valence-corrected chi connectivity index (χ4v) is 1.92. The Kier molecular flexibility index (Phi) is 12.5. The number of carbonyl (C=O) groups is 4. The summed E-state index contributed by atoms with van der Waals surface area (Å²) in [4.78, 5) is 43.4. The molecule has 0 aromatic heterocycles. The van der Waals surface area contributed by atoms with Crippen molar-refractivity contribution in [3.8, 4) is 0 Å². The topological polar surface area (TPSA) is 168 Å². The summed E-state index contributed by atoms with van der Waals surface area (Å²) >= 11 is 0. The van der Waals surface area contributed by atoms with Crippen molar-refractivity contribution in [2.24, 2.45) is 0 Å². The maximum atomic E-state index is 11.1. The third-order valence-corrected chi connectivity index (χ3v) is 3.23. The normalized spacial score (nSPS) is 9.07. The van der Waals surface area contributed by atoms with Crippen molar-refractivity contribution in [3.63, 3.8) is 0 Å². The van der Waals surface area contributed by atoms with Crippen molar-refractivity contribution in [1.29, 1.82) is 0 Å². The molecule has 0 bridgehead atoms. The summed E-state index contributed by atoms with van der Waals surface area (Å²) in [7, 11) is 2.42. The first-order valence-corrected chi connectivity index (χ1v) is 8.28. The van der Waals surface area contributed by atoms with Gasteiger partial charge in [0.2, 0.25) is 0 Å². The van der Waals surface area contributed by atoms with Crippen LogP contribution in [0.2, 0.25) is 0 Å². The number of aliphatic hydroxyl groups excluding tert-OH is 2. The van der Waals surface area contributed by atoms with E-state index in [1.165, 1.54) is 38.5 Å². The van der Waals surface area contributed by atoms with E-state index in [2.05, 4.69) is 9.47 Å². The Labute approximate surface area is 171 Å². The zero-order valence-electron chi connectivity index (χ0n) is 16.3. The van der Waals surface area contributed by atoms with E-state index < -0.39 is 23.9 Å². The summed E-state index contributed by atoms with van der Waals surface area (Å²) < 4.78 is 8.85. The van der Waals surface area contributed by atoms with E-state index in [-0.39, 0.29) is 35.5 Å². The predicted molar refractivity (Wildman–Crippen MR) is 104 cm³/mol. The van der Waals surface area contributed by atoms with Gasteiger partial charge in [-0.15, -0.1) is 0 Å². The smallest absolute Gasteiger partial charge is 0.338 e. The van der Waals surface area contributed by atoms with Gasteiger partial charge in [0.25, 0.3) is 0 Å². The van der Waals surface area contributed by atoms with Crippen molar-refractivity contribution in [2.45, 2.75) is 0 Å². The molecule has 2 rings (SSSR count). The van der Waals surface area contributed by atoms with Crippen LogP contribution in [0.4, 0.5) is 0 Å². The van der Waals surface area contributed by atoms with Gasteiger partial charge in [-0.05, 0) is 24.3 Å². The molecular weight excluding hydrogens is 400 g/mol. The van der Waals surface area contributed by atoms with Crippen molar-refractivity contribution >= 4 is 23.9 Å². The summed E-state index contributed by atoms with van der Waals surface area (Å²) in [5.74, 6) is -3.56. The van der Waals surface area contributed by atoms with Gasteiger partial charge >= 0.3 is 23.9 Å². The number of carbonyl (C=O) groups excluding carboxylic acids is 2. The summed E-state index contributed by atoms with van der Waals surface area (Å²) in [5.41, 5.74) is 0.0405. The van der Waals surface area contributed by atoms with Crippen LogP contribution in [-0.4, -0.2) is 71.7 Å². The molecule has 0 radical (unpaired) electrons. The first kappa shape index (κ1) is 26.2. The second-order valence-electron chi connectivity index (χ2n) is 5.13. The zero-order chi connectivity index (χ0) is 23.1. The van der Waals surface area contributed by atoms with Crippen LogP contribution in [0.25, 0.3) is 0 Å². The van der Waals surface area contributed by atoms with E-state index in [9.17, 15) is 19.2 Å². The average molecular weight is 422 g/mol. The van der Waals surface area contributed by atoms with Crippen LogP contribution in [0.15, 0.2) is 48.5 Å². The summed E-state index contributed by atoms with van der Waals surface area (Å²) in [6.07, 6.45) is 0. The molecule has 2 aromatic carbocycles. The highest BCUT2D eigenvalue weighted by atomic mass is 16.5. The van der Waals surface area contributed by atoms with E-state index in [1.807, 2.05) is 0 Å². The number of ether oxygens (including phenoxy) is 2. The molecular formula is C20H22O10. The lowest BCUT2D eigenvalue weighted by molar-refractivity contribution is 0.0580. The molecule has 0 aliphatic carbocycles. The van der Waals surface area contributed by atoms with Crippen LogP contribution in [0.5, 0.6) is 0 Å². The molecule has 0 atom stereocenters. The molecule has 10 heteroatoms. The van der Waals surface area contributed by atoms with E-state index in [0.717, 1.165) is 0 Å².